The molecule has 0 saturated carbocycles. The first-order chi connectivity index (χ1) is 9.88. The summed E-state index contributed by atoms with van der Waals surface area (Å²) in [5, 5.41) is 11.4. The number of aliphatic carboxylic acids is 1. The quantitative estimate of drug-likeness (QED) is 0.837. The highest BCUT2D eigenvalue weighted by Crippen LogP contribution is 2.24. The highest BCUT2D eigenvalue weighted by molar-refractivity contribution is 5.75. The molecule has 0 spiro atoms. The summed E-state index contributed by atoms with van der Waals surface area (Å²) in [4.78, 5) is 28.1. The van der Waals surface area contributed by atoms with Crippen molar-refractivity contribution in [3.8, 4) is 0 Å². The first-order valence-electron chi connectivity index (χ1n) is 6.68. The molecule has 0 aromatic carbocycles. The number of carboxylic acids is 1. The van der Waals surface area contributed by atoms with E-state index in [1.165, 1.54) is 0 Å². The van der Waals surface area contributed by atoms with Crippen LogP contribution in [0.5, 0.6) is 0 Å². The molecule has 0 bridgehead atoms. The van der Waals surface area contributed by atoms with Crippen molar-refractivity contribution in [3.05, 3.63) is 29.6 Å². The zero-order valence-corrected chi connectivity index (χ0v) is 12.1. The molecule has 1 saturated heterocycles. The Bertz CT molecular complexity index is 524. The van der Waals surface area contributed by atoms with E-state index in [1.54, 1.807) is 18.0 Å². The van der Waals surface area contributed by atoms with Crippen molar-refractivity contribution in [2.24, 2.45) is 0 Å². The molecule has 0 aliphatic carbocycles. The van der Waals surface area contributed by atoms with Crippen LogP contribution >= 0.6 is 0 Å². The van der Waals surface area contributed by atoms with Crippen LogP contribution in [-0.2, 0) is 16.1 Å². The van der Waals surface area contributed by atoms with Crippen molar-refractivity contribution in [3.63, 3.8) is 0 Å². The Morgan fingerprint density at radius 3 is 2.76 bits per heavy atom. The van der Waals surface area contributed by atoms with Crippen LogP contribution in [0.25, 0.3) is 0 Å². The molecule has 2 amide bonds. The lowest BCUT2D eigenvalue weighted by molar-refractivity contribution is -0.159. The van der Waals surface area contributed by atoms with E-state index >= 15 is 0 Å². The van der Waals surface area contributed by atoms with Crippen molar-refractivity contribution in [1.82, 2.24) is 15.2 Å². The Balaban J connectivity index is 1.73. The second kappa shape index (κ2) is 6.09. The second-order valence-corrected chi connectivity index (χ2v) is 5.45. The van der Waals surface area contributed by atoms with Crippen LogP contribution in [0.4, 0.5) is 4.79 Å². The summed E-state index contributed by atoms with van der Waals surface area (Å²) in [7, 11) is 0. The lowest BCUT2D eigenvalue weighted by Crippen LogP contribution is -2.65. The Kier molecular flexibility index (Phi) is 4.42. The molecule has 7 heteroatoms. The highest BCUT2D eigenvalue weighted by atomic mass is 16.5. The largest absolute Gasteiger partial charge is 0.480 e. The fourth-order valence-electron chi connectivity index (χ4n) is 2.12. The number of aryl methyl sites for hydroxylation is 1. The summed E-state index contributed by atoms with van der Waals surface area (Å²) >= 11 is 0. The number of aromatic nitrogens is 1. The van der Waals surface area contributed by atoms with Crippen LogP contribution in [0.3, 0.4) is 0 Å². The van der Waals surface area contributed by atoms with Crippen molar-refractivity contribution < 1.29 is 19.4 Å². The third-order valence-electron chi connectivity index (χ3n) is 3.30. The molecule has 1 aliphatic heterocycles. The highest BCUT2D eigenvalue weighted by Gasteiger charge is 2.42. The molecule has 2 rings (SSSR count). The first-order valence-corrected chi connectivity index (χ1v) is 6.68. The van der Waals surface area contributed by atoms with Gasteiger partial charge in [-0.3, -0.25) is 4.98 Å². The molecule has 1 aromatic rings. The van der Waals surface area contributed by atoms with Gasteiger partial charge in [-0.15, -0.1) is 0 Å². The van der Waals surface area contributed by atoms with Gasteiger partial charge >= 0.3 is 12.0 Å². The minimum absolute atomic E-state index is 0.188. The monoisotopic (exact) mass is 293 g/mol. The average molecular weight is 293 g/mol. The maximum atomic E-state index is 11.9. The van der Waals surface area contributed by atoms with E-state index < -0.39 is 11.6 Å². The molecule has 7 nitrogen and oxygen atoms in total. The number of urea groups is 1. The van der Waals surface area contributed by atoms with Gasteiger partial charge in [-0.1, -0.05) is 6.07 Å². The smallest absolute Gasteiger partial charge is 0.329 e. The number of hydrogen-bond donors (Lipinski definition) is 2. The van der Waals surface area contributed by atoms with E-state index in [9.17, 15) is 9.59 Å². The predicted octanol–water partition coefficient (Wildman–Crippen LogP) is 0.775. The molecule has 0 radical (unpaired) electrons. The van der Waals surface area contributed by atoms with Gasteiger partial charge < -0.3 is 20.1 Å². The van der Waals surface area contributed by atoms with Crippen molar-refractivity contribution in [1.29, 1.82) is 0 Å². The number of hydrogen-bond acceptors (Lipinski definition) is 4. The van der Waals surface area contributed by atoms with Crippen LogP contribution in [-0.4, -0.2) is 52.3 Å². The zero-order valence-electron chi connectivity index (χ0n) is 12.1. The van der Waals surface area contributed by atoms with Gasteiger partial charge in [0.2, 0.25) is 0 Å². The number of carbonyl (C=O) groups is 2. The van der Waals surface area contributed by atoms with E-state index in [0.717, 1.165) is 11.3 Å². The van der Waals surface area contributed by atoms with Crippen molar-refractivity contribution >= 4 is 12.0 Å². The molecule has 2 heterocycles. The number of rotatable bonds is 5. The van der Waals surface area contributed by atoms with E-state index in [1.807, 2.05) is 19.1 Å². The summed E-state index contributed by atoms with van der Waals surface area (Å²) in [6.45, 7) is 4.54. The molecular weight excluding hydrogens is 274 g/mol. The molecule has 1 aromatic heterocycles. The van der Waals surface area contributed by atoms with Crippen LogP contribution in [0.15, 0.2) is 18.3 Å². The Morgan fingerprint density at radius 1 is 1.48 bits per heavy atom. The molecule has 0 unspecified atom stereocenters. The maximum Gasteiger partial charge on any atom is 0.329 e. The van der Waals surface area contributed by atoms with Gasteiger partial charge in [-0.2, -0.15) is 0 Å². The van der Waals surface area contributed by atoms with Gasteiger partial charge in [0.1, 0.15) is 12.2 Å². The number of ether oxygens (including phenoxy) is 1. The molecular formula is C14H19N3O4. The predicted molar refractivity (Wildman–Crippen MR) is 74.8 cm³/mol. The minimum Gasteiger partial charge on any atom is -0.480 e. The molecule has 21 heavy (non-hydrogen) atoms. The van der Waals surface area contributed by atoms with Crippen molar-refractivity contribution in [2.45, 2.75) is 26.0 Å². The van der Waals surface area contributed by atoms with Gasteiger partial charge in [0.05, 0.1) is 13.1 Å². The summed E-state index contributed by atoms with van der Waals surface area (Å²) in [5.74, 6) is -1.01. The van der Waals surface area contributed by atoms with Gasteiger partial charge in [0.25, 0.3) is 0 Å². The summed E-state index contributed by atoms with van der Waals surface area (Å²) < 4.78 is 5.25. The van der Waals surface area contributed by atoms with Gasteiger partial charge in [-0.25, -0.2) is 9.59 Å². The zero-order chi connectivity index (χ0) is 15.5. The first kappa shape index (κ1) is 15.2. The van der Waals surface area contributed by atoms with E-state index in [0.29, 0.717) is 19.6 Å². The summed E-state index contributed by atoms with van der Waals surface area (Å²) in [5.41, 5.74) is 1.29. The number of carbonyl (C=O) groups excluding carboxylic acids is 1. The normalized spacial score (nSPS) is 16.2. The number of amides is 2. The van der Waals surface area contributed by atoms with Gasteiger partial charge in [0, 0.05) is 18.4 Å². The van der Waals surface area contributed by atoms with Crippen LogP contribution in [0.1, 0.15) is 18.2 Å². The number of nitrogens with one attached hydrogen (secondary N) is 1. The lowest BCUT2D eigenvalue weighted by atomic mass is 9.97. The molecule has 114 valence electrons. The van der Waals surface area contributed by atoms with E-state index in [4.69, 9.17) is 9.84 Å². The molecule has 1 fully saturated rings. The Morgan fingerprint density at radius 2 is 2.19 bits per heavy atom. The minimum atomic E-state index is -1.01. The number of carboxylic acid groups (broad SMARTS) is 1. The number of pyridine rings is 1. The molecule has 0 atom stereocenters. The maximum absolute atomic E-state index is 11.9. The second-order valence-electron chi connectivity index (χ2n) is 5.45. The van der Waals surface area contributed by atoms with Crippen LogP contribution in [0.2, 0.25) is 0 Å². The standard InChI is InChI=1S/C14H19N3O4/c1-10-3-4-11(5-15-10)6-16-13(20)17-8-14(2,9-17)21-7-12(18)19/h3-5H,6-9H2,1-2H3,(H,16,20)(H,18,19). The van der Waals surface area contributed by atoms with Gasteiger partial charge in [-0.05, 0) is 25.5 Å². The number of nitrogens with zero attached hydrogens (tertiary/aromatic N) is 2. The van der Waals surface area contributed by atoms with Crippen LogP contribution < -0.4 is 5.32 Å². The Hall–Kier alpha value is -2.15. The topological polar surface area (TPSA) is 91.8 Å². The fourth-order valence-corrected chi connectivity index (χ4v) is 2.12. The fraction of sp³-hybridized carbons (Fsp3) is 0.500. The number of likely N-dealkylation sites (tertiary alicyclic amines) is 1. The third-order valence-corrected chi connectivity index (χ3v) is 3.30. The van der Waals surface area contributed by atoms with Gasteiger partial charge in [0.15, 0.2) is 0 Å². The van der Waals surface area contributed by atoms with E-state index in [-0.39, 0.29) is 12.6 Å². The Labute approximate surface area is 122 Å². The molecule has 2 N–H and O–H groups in total. The van der Waals surface area contributed by atoms with Crippen molar-refractivity contribution in [2.75, 3.05) is 19.7 Å². The average Bonchev–Trinajstić information content (AvgIpc) is 2.41. The third kappa shape index (κ3) is 4.16. The lowest BCUT2D eigenvalue weighted by Gasteiger charge is -2.46. The van der Waals surface area contributed by atoms with E-state index in [2.05, 4.69) is 10.3 Å². The SMILES string of the molecule is Cc1ccc(CNC(=O)N2CC(C)(OCC(=O)O)C2)cn1. The summed E-state index contributed by atoms with van der Waals surface area (Å²) in [6, 6.07) is 3.62. The van der Waals surface area contributed by atoms with Crippen LogP contribution in [0, 0.1) is 6.92 Å². The summed E-state index contributed by atoms with van der Waals surface area (Å²) in [6.07, 6.45) is 1.73. The molecule has 1 aliphatic rings.